The molecule has 0 atom stereocenters. The molecular formula is C16H23N3O3. The van der Waals surface area contributed by atoms with Crippen molar-refractivity contribution in [2.24, 2.45) is 0 Å². The number of ether oxygens (including phenoxy) is 3. The normalized spacial score (nSPS) is 15.4. The second kappa shape index (κ2) is 8.29. The molecule has 0 aromatic heterocycles. The van der Waals surface area contributed by atoms with Crippen molar-refractivity contribution < 1.29 is 14.2 Å². The Hall–Kier alpha value is -2.21. The summed E-state index contributed by atoms with van der Waals surface area (Å²) >= 11 is 0. The number of rotatable bonds is 7. The second-order valence-electron chi connectivity index (χ2n) is 4.87. The molecule has 0 unspecified atom stereocenters. The van der Waals surface area contributed by atoms with Gasteiger partial charge in [0.1, 0.15) is 23.9 Å². The lowest BCUT2D eigenvalue weighted by atomic mass is 10.3. The number of methoxy groups -OCH3 is 1. The lowest BCUT2D eigenvalue weighted by Gasteiger charge is -2.30. The van der Waals surface area contributed by atoms with E-state index in [4.69, 9.17) is 19.6 Å². The topological polar surface area (TPSA) is 66.8 Å². The minimum absolute atomic E-state index is 0.211. The fourth-order valence-corrected chi connectivity index (χ4v) is 2.18. The number of hydrogen-bond donors (Lipinski definition) is 2. The molecule has 1 heterocycles. The Kier molecular flexibility index (Phi) is 6.09. The first-order chi connectivity index (χ1) is 10.7. The lowest BCUT2D eigenvalue weighted by Crippen LogP contribution is -2.39. The van der Waals surface area contributed by atoms with Gasteiger partial charge in [-0.2, -0.15) is 0 Å². The summed E-state index contributed by atoms with van der Waals surface area (Å²) in [5, 5.41) is 11.2. The Morgan fingerprint density at radius 1 is 1.36 bits per heavy atom. The SMILES string of the molecule is CN/C(=C\C(=N)COc1cccc(OC)c1)N1CCOCC1. The maximum atomic E-state index is 8.06. The third-order valence-electron chi connectivity index (χ3n) is 3.35. The quantitative estimate of drug-likeness (QED) is 0.747. The van der Waals surface area contributed by atoms with Crippen LogP contribution in [0.25, 0.3) is 0 Å². The van der Waals surface area contributed by atoms with Crippen LogP contribution in [-0.2, 0) is 4.74 Å². The van der Waals surface area contributed by atoms with E-state index in [0.717, 1.165) is 24.7 Å². The number of nitrogens with one attached hydrogen (secondary N) is 2. The van der Waals surface area contributed by atoms with Gasteiger partial charge in [-0.25, -0.2) is 0 Å². The van der Waals surface area contributed by atoms with Gasteiger partial charge in [0.05, 0.1) is 26.0 Å². The van der Waals surface area contributed by atoms with Gasteiger partial charge in [0.15, 0.2) is 0 Å². The van der Waals surface area contributed by atoms with Crippen molar-refractivity contribution in [1.29, 1.82) is 5.41 Å². The van der Waals surface area contributed by atoms with E-state index in [1.807, 2.05) is 25.2 Å². The average Bonchev–Trinajstić information content (AvgIpc) is 2.58. The predicted octanol–water partition coefficient (Wildman–Crippen LogP) is 1.49. The fourth-order valence-electron chi connectivity index (χ4n) is 2.18. The van der Waals surface area contributed by atoms with Crippen molar-refractivity contribution in [2.75, 3.05) is 47.1 Å². The van der Waals surface area contributed by atoms with Gasteiger partial charge in [0, 0.05) is 32.3 Å². The highest BCUT2D eigenvalue weighted by atomic mass is 16.5. The Morgan fingerprint density at radius 2 is 2.09 bits per heavy atom. The zero-order valence-electron chi connectivity index (χ0n) is 13.1. The van der Waals surface area contributed by atoms with Crippen LogP contribution in [0.5, 0.6) is 11.5 Å². The van der Waals surface area contributed by atoms with Gasteiger partial charge < -0.3 is 29.8 Å². The molecule has 1 aliphatic rings. The molecule has 0 saturated carbocycles. The standard InChI is InChI=1S/C16H23N3O3/c1-18-16(19-6-8-21-9-7-19)10-13(17)12-22-15-5-3-4-14(11-15)20-2/h3-5,10-11,17-18H,6-9,12H2,1-2H3/b16-10+,17-13?. The van der Waals surface area contributed by atoms with Gasteiger partial charge in [-0.1, -0.05) is 6.07 Å². The minimum Gasteiger partial charge on any atom is -0.497 e. The third-order valence-corrected chi connectivity index (χ3v) is 3.35. The van der Waals surface area contributed by atoms with E-state index in [0.29, 0.717) is 24.7 Å². The monoisotopic (exact) mass is 305 g/mol. The summed E-state index contributed by atoms with van der Waals surface area (Å²) in [4.78, 5) is 2.17. The van der Waals surface area contributed by atoms with E-state index in [2.05, 4.69) is 10.2 Å². The molecule has 1 aromatic carbocycles. The summed E-state index contributed by atoms with van der Waals surface area (Å²) in [6, 6.07) is 7.37. The van der Waals surface area contributed by atoms with Crippen LogP contribution >= 0.6 is 0 Å². The molecule has 0 bridgehead atoms. The maximum absolute atomic E-state index is 8.06. The molecule has 1 saturated heterocycles. The fraction of sp³-hybridized carbons (Fsp3) is 0.438. The van der Waals surface area contributed by atoms with Gasteiger partial charge in [-0.05, 0) is 12.1 Å². The largest absolute Gasteiger partial charge is 0.497 e. The van der Waals surface area contributed by atoms with E-state index in [1.165, 1.54) is 0 Å². The molecule has 120 valence electrons. The Balaban J connectivity index is 1.91. The van der Waals surface area contributed by atoms with E-state index < -0.39 is 0 Å². The van der Waals surface area contributed by atoms with Gasteiger partial charge in [0.2, 0.25) is 0 Å². The first-order valence-electron chi connectivity index (χ1n) is 7.29. The highest BCUT2D eigenvalue weighted by molar-refractivity contribution is 5.94. The van der Waals surface area contributed by atoms with E-state index >= 15 is 0 Å². The zero-order chi connectivity index (χ0) is 15.8. The summed E-state index contributed by atoms with van der Waals surface area (Å²) in [6.45, 7) is 3.30. The number of morpholine rings is 1. The van der Waals surface area contributed by atoms with Crippen molar-refractivity contribution in [1.82, 2.24) is 10.2 Å². The predicted molar refractivity (Wildman–Crippen MR) is 85.8 cm³/mol. The van der Waals surface area contributed by atoms with E-state index in [9.17, 15) is 0 Å². The van der Waals surface area contributed by atoms with Crippen LogP contribution in [0.15, 0.2) is 36.2 Å². The molecule has 6 heteroatoms. The second-order valence-corrected chi connectivity index (χ2v) is 4.87. The molecule has 1 fully saturated rings. The van der Waals surface area contributed by atoms with Crippen molar-refractivity contribution in [3.63, 3.8) is 0 Å². The summed E-state index contributed by atoms with van der Waals surface area (Å²) in [5.41, 5.74) is 0.402. The summed E-state index contributed by atoms with van der Waals surface area (Å²) in [7, 11) is 3.48. The van der Waals surface area contributed by atoms with Crippen LogP contribution in [0.3, 0.4) is 0 Å². The first kappa shape index (κ1) is 16.2. The lowest BCUT2D eigenvalue weighted by molar-refractivity contribution is 0.0509. The van der Waals surface area contributed by atoms with Crippen molar-refractivity contribution in [2.45, 2.75) is 0 Å². The molecular weight excluding hydrogens is 282 g/mol. The Labute approximate surface area is 131 Å². The third kappa shape index (κ3) is 4.66. The number of benzene rings is 1. The van der Waals surface area contributed by atoms with Gasteiger partial charge in [0.25, 0.3) is 0 Å². The summed E-state index contributed by atoms with van der Waals surface area (Å²) in [6.07, 6.45) is 1.80. The Bertz CT molecular complexity index is 525. The van der Waals surface area contributed by atoms with Gasteiger partial charge in [-0.15, -0.1) is 0 Å². The molecule has 1 aliphatic heterocycles. The van der Waals surface area contributed by atoms with Gasteiger partial charge in [-0.3, -0.25) is 0 Å². The van der Waals surface area contributed by atoms with Crippen LogP contribution in [0, 0.1) is 5.41 Å². The van der Waals surface area contributed by atoms with Crippen LogP contribution in [0.4, 0.5) is 0 Å². The number of nitrogens with zero attached hydrogens (tertiary/aromatic N) is 1. The minimum atomic E-state index is 0.211. The summed E-state index contributed by atoms with van der Waals surface area (Å²) in [5.74, 6) is 2.35. The highest BCUT2D eigenvalue weighted by Gasteiger charge is 2.13. The van der Waals surface area contributed by atoms with Crippen LogP contribution < -0.4 is 14.8 Å². The molecule has 2 rings (SSSR count). The number of hydrogen-bond acceptors (Lipinski definition) is 6. The van der Waals surface area contributed by atoms with Crippen molar-refractivity contribution in [3.8, 4) is 11.5 Å². The van der Waals surface area contributed by atoms with Crippen molar-refractivity contribution >= 4 is 5.71 Å². The van der Waals surface area contributed by atoms with Crippen LogP contribution in [-0.4, -0.2) is 57.7 Å². The molecule has 1 aromatic rings. The van der Waals surface area contributed by atoms with Gasteiger partial charge >= 0.3 is 0 Å². The molecule has 0 spiro atoms. The molecule has 0 radical (unpaired) electrons. The van der Waals surface area contributed by atoms with Crippen molar-refractivity contribution in [3.05, 3.63) is 36.2 Å². The van der Waals surface area contributed by atoms with Crippen LogP contribution in [0.2, 0.25) is 0 Å². The molecule has 0 aliphatic carbocycles. The molecule has 2 N–H and O–H groups in total. The molecule has 0 amide bonds. The molecule has 6 nitrogen and oxygen atoms in total. The maximum Gasteiger partial charge on any atom is 0.130 e. The van der Waals surface area contributed by atoms with Crippen LogP contribution in [0.1, 0.15) is 0 Å². The summed E-state index contributed by atoms with van der Waals surface area (Å²) < 4.78 is 16.1. The Morgan fingerprint density at radius 3 is 2.77 bits per heavy atom. The average molecular weight is 305 g/mol. The van der Waals surface area contributed by atoms with E-state index in [-0.39, 0.29) is 6.61 Å². The highest BCUT2D eigenvalue weighted by Crippen LogP contribution is 2.18. The smallest absolute Gasteiger partial charge is 0.130 e. The zero-order valence-corrected chi connectivity index (χ0v) is 13.1. The molecule has 22 heavy (non-hydrogen) atoms. The van der Waals surface area contributed by atoms with E-state index in [1.54, 1.807) is 19.3 Å². The first-order valence-corrected chi connectivity index (χ1v) is 7.29.